The van der Waals surface area contributed by atoms with Crippen molar-refractivity contribution in [3.8, 4) is 0 Å². The quantitative estimate of drug-likeness (QED) is 0.268. The first kappa shape index (κ1) is 16.8. The summed E-state index contributed by atoms with van der Waals surface area (Å²) in [4.78, 5) is 14.4. The van der Waals surface area contributed by atoms with Crippen molar-refractivity contribution in [1.29, 1.82) is 0 Å². The molecule has 3 rings (SSSR count). The zero-order valence-electron chi connectivity index (χ0n) is 12.9. The predicted octanol–water partition coefficient (Wildman–Crippen LogP) is 1.17. The fourth-order valence-corrected chi connectivity index (χ4v) is 2.84. The SMILES string of the molecule is Nc1nonc1/C(=N\O)N1CCN(c2cc(Cl)ccc2[N+](=O)[O-])CC1. The summed E-state index contributed by atoms with van der Waals surface area (Å²) in [6, 6.07) is 4.43. The van der Waals surface area contributed by atoms with Gasteiger partial charge in [0.1, 0.15) is 5.69 Å². The molecule has 0 saturated carbocycles. The van der Waals surface area contributed by atoms with Crippen LogP contribution in [0.2, 0.25) is 5.02 Å². The average molecular weight is 368 g/mol. The summed E-state index contributed by atoms with van der Waals surface area (Å²) >= 11 is 5.98. The Morgan fingerprint density at radius 3 is 2.64 bits per heavy atom. The number of halogens is 1. The molecule has 3 N–H and O–H groups in total. The van der Waals surface area contributed by atoms with Crippen molar-refractivity contribution in [2.45, 2.75) is 0 Å². The van der Waals surface area contributed by atoms with Gasteiger partial charge < -0.3 is 20.7 Å². The van der Waals surface area contributed by atoms with E-state index in [2.05, 4.69) is 20.1 Å². The number of nitrogens with two attached hydrogens (primary N) is 1. The predicted molar refractivity (Wildman–Crippen MR) is 88.9 cm³/mol. The van der Waals surface area contributed by atoms with E-state index in [-0.39, 0.29) is 23.0 Å². The number of hydrogen-bond donors (Lipinski definition) is 2. The number of benzene rings is 1. The van der Waals surface area contributed by atoms with Crippen LogP contribution in [0.25, 0.3) is 0 Å². The Hall–Kier alpha value is -3.08. The molecule has 2 heterocycles. The first-order chi connectivity index (χ1) is 12.0. The van der Waals surface area contributed by atoms with E-state index in [1.807, 2.05) is 4.90 Å². The van der Waals surface area contributed by atoms with Crippen LogP contribution in [0.1, 0.15) is 5.69 Å². The first-order valence-corrected chi connectivity index (χ1v) is 7.63. The van der Waals surface area contributed by atoms with Gasteiger partial charge in [0.15, 0.2) is 11.5 Å². The molecule has 0 amide bonds. The summed E-state index contributed by atoms with van der Waals surface area (Å²) in [5, 5.41) is 31.2. The van der Waals surface area contributed by atoms with Gasteiger partial charge in [-0.1, -0.05) is 16.8 Å². The molecule has 12 heteroatoms. The van der Waals surface area contributed by atoms with E-state index < -0.39 is 4.92 Å². The highest BCUT2D eigenvalue weighted by Crippen LogP contribution is 2.31. The molecule has 0 bridgehead atoms. The van der Waals surface area contributed by atoms with Crippen molar-refractivity contribution in [2.24, 2.45) is 5.16 Å². The Balaban J connectivity index is 1.77. The van der Waals surface area contributed by atoms with Crippen molar-refractivity contribution in [1.82, 2.24) is 15.2 Å². The fourth-order valence-electron chi connectivity index (χ4n) is 2.67. The maximum absolute atomic E-state index is 11.2. The summed E-state index contributed by atoms with van der Waals surface area (Å²) in [5.41, 5.74) is 6.20. The van der Waals surface area contributed by atoms with Gasteiger partial charge in [0.2, 0.25) is 5.84 Å². The monoisotopic (exact) mass is 367 g/mol. The molecule has 2 aromatic rings. The number of nitro benzene ring substituents is 1. The molecule has 1 aliphatic heterocycles. The molecule has 132 valence electrons. The number of piperazine rings is 1. The number of rotatable bonds is 3. The van der Waals surface area contributed by atoms with Gasteiger partial charge in [0.05, 0.1) is 4.92 Å². The van der Waals surface area contributed by atoms with Crippen LogP contribution in [0, 0.1) is 10.1 Å². The lowest BCUT2D eigenvalue weighted by Gasteiger charge is -2.36. The highest BCUT2D eigenvalue weighted by Gasteiger charge is 2.28. The van der Waals surface area contributed by atoms with E-state index in [4.69, 9.17) is 17.3 Å². The van der Waals surface area contributed by atoms with E-state index in [9.17, 15) is 15.3 Å². The number of nitrogen functional groups attached to an aromatic ring is 1. The van der Waals surface area contributed by atoms with E-state index in [0.29, 0.717) is 36.9 Å². The van der Waals surface area contributed by atoms with Crippen molar-refractivity contribution >= 4 is 34.6 Å². The summed E-state index contributed by atoms with van der Waals surface area (Å²) in [7, 11) is 0. The molecular weight excluding hydrogens is 354 g/mol. The second-order valence-corrected chi connectivity index (χ2v) is 5.72. The van der Waals surface area contributed by atoms with Crippen LogP contribution < -0.4 is 10.6 Å². The van der Waals surface area contributed by atoms with Gasteiger partial charge >= 0.3 is 0 Å². The average Bonchev–Trinajstić information content (AvgIpc) is 3.02. The Morgan fingerprint density at radius 2 is 2.08 bits per heavy atom. The second kappa shape index (κ2) is 6.81. The van der Waals surface area contributed by atoms with Gasteiger partial charge in [-0.2, -0.15) is 0 Å². The van der Waals surface area contributed by atoms with Crippen LogP contribution in [0.4, 0.5) is 17.2 Å². The standard InChI is InChI=1S/C13H14ClN7O4/c14-8-1-2-9(21(23)24)10(7-8)19-3-5-20(6-4-19)13(16-22)11-12(15)18-25-17-11/h1-2,7,22H,3-6H2,(H2,15,18)/b16-13+. The zero-order chi connectivity index (χ0) is 18.0. The van der Waals surface area contributed by atoms with E-state index in [1.54, 1.807) is 11.0 Å². The van der Waals surface area contributed by atoms with E-state index >= 15 is 0 Å². The van der Waals surface area contributed by atoms with Crippen LogP contribution in [-0.4, -0.2) is 57.4 Å². The smallest absolute Gasteiger partial charge is 0.292 e. The van der Waals surface area contributed by atoms with Gasteiger partial charge in [-0.25, -0.2) is 4.63 Å². The molecule has 0 unspecified atom stereocenters. The summed E-state index contributed by atoms with van der Waals surface area (Å²) in [6.45, 7) is 1.75. The topological polar surface area (TPSA) is 147 Å². The molecule has 0 radical (unpaired) electrons. The summed E-state index contributed by atoms with van der Waals surface area (Å²) < 4.78 is 4.52. The summed E-state index contributed by atoms with van der Waals surface area (Å²) in [5.74, 6) is 0.153. The van der Waals surface area contributed by atoms with Gasteiger partial charge in [0.25, 0.3) is 5.69 Å². The molecule has 1 aromatic heterocycles. The van der Waals surface area contributed by atoms with Crippen LogP contribution >= 0.6 is 11.6 Å². The van der Waals surface area contributed by atoms with Crippen LogP contribution in [-0.2, 0) is 0 Å². The van der Waals surface area contributed by atoms with Gasteiger partial charge in [0, 0.05) is 37.3 Å². The maximum atomic E-state index is 11.2. The fraction of sp³-hybridized carbons (Fsp3) is 0.308. The molecule has 0 atom stereocenters. The van der Waals surface area contributed by atoms with Crippen molar-refractivity contribution < 1.29 is 14.8 Å². The lowest BCUT2D eigenvalue weighted by Crippen LogP contribution is -2.49. The van der Waals surface area contributed by atoms with Crippen LogP contribution in [0.15, 0.2) is 28.0 Å². The molecule has 0 aliphatic carbocycles. The number of amidine groups is 1. The second-order valence-electron chi connectivity index (χ2n) is 5.29. The minimum absolute atomic E-state index is 0.0145. The largest absolute Gasteiger partial charge is 0.409 e. The molecule has 1 aromatic carbocycles. The third-order valence-electron chi connectivity index (χ3n) is 3.87. The molecular formula is C13H14ClN7O4. The van der Waals surface area contributed by atoms with Crippen LogP contribution in [0.3, 0.4) is 0 Å². The van der Waals surface area contributed by atoms with Gasteiger partial charge in [-0.05, 0) is 22.4 Å². The first-order valence-electron chi connectivity index (χ1n) is 7.25. The molecule has 1 aliphatic rings. The van der Waals surface area contributed by atoms with Gasteiger partial charge in [-0.3, -0.25) is 10.1 Å². The molecule has 0 spiro atoms. The minimum Gasteiger partial charge on any atom is -0.409 e. The zero-order valence-corrected chi connectivity index (χ0v) is 13.6. The van der Waals surface area contributed by atoms with E-state index in [0.717, 1.165) is 0 Å². The third kappa shape index (κ3) is 3.26. The number of aromatic nitrogens is 2. The van der Waals surface area contributed by atoms with E-state index in [1.165, 1.54) is 12.1 Å². The number of nitrogens with zero attached hydrogens (tertiary/aromatic N) is 6. The summed E-state index contributed by atoms with van der Waals surface area (Å²) in [6.07, 6.45) is 0. The molecule has 25 heavy (non-hydrogen) atoms. The van der Waals surface area contributed by atoms with Crippen molar-refractivity contribution in [3.63, 3.8) is 0 Å². The van der Waals surface area contributed by atoms with Crippen molar-refractivity contribution in [3.05, 3.63) is 39.0 Å². The lowest BCUT2D eigenvalue weighted by molar-refractivity contribution is -0.384. The highest BCUT2D eigenvalue weighted by molar-refractivity contribution is 6.31. The Bertz CT molecular complexity index is 816. The Morgan fingerprint density at radius 1 is 1.36 bits per heavy atom. The number of hydrogen-bond acceptors (Lipinski definition) is 9. The Kier molecular flexibility index (Phi) is 4.57. The third-order valence-corrected chi connectivity index (χ3v) is 4.11. The maximum Gasteiger partial charge on any atom is 0.292 e. The lowest BCUT2D eigenvalue weighted by atomic mass is 10.2. The normalized spacial score (nSPS) is 15.5. The highest BCUT2D eigenvalue weighted by atomic mass is 35.5. The molecule has 11 nitrogen and oxygen atoms in total. The number of nitro groups is 1. The molecule has 1 saturated heterocycles. The Labute approximate surface area is 146 Å². The van der Waals surface area contributed by atoms with Crippen molar-refractivity contribution in [2.75, 3.05) is 36.8 Å². The van der Waals surface area contributed by atoms with Gasteiger partial charge in [-0.15, -0.1) is 0 Å². The molecule has 1 fully saturated rings. The number of anilines is 2. The number of oxime groups is 1. The van der Waals surface area contributed by atoms with Crippen LogP contribution in [0.5, 0.6) is 0 Å². The minimum atomic E-state index is -0.444.